The number of thiazole rings is 1. The van der Waals surface area contributed by atoms with Gasteiger partial charge in [0.1, 0.15) is 17.4 Å². The van der Waals surface area contributed by atoms with Crippen LogP contribution in [0.25, 0.3) is 0 Å². The number of carbonyl (C=O) groups is 1. The molecule has 20 heavy (non-hydrogen) atoms. The van der Waals surface area contributed by atoms with Crippen LogP contribution in [0.15, 0.2) is 24.3 Å². The van der Waals surface area contributed by atoms with Crippen molar-refractivity contribution >= 4 is 23.0 Å². The van der Waals surface area contributed by atoms with Gasteiger partial charge in [0.25, 0.3) is 0 Å². The van der Waals surface area contributed by atoms with Crippen molar-refractivity contribution in [2.24, 2.45) is 0 Å². The van der Waals surface area contributed by atoms with Crippen molar-refractivity contribution in [3.63, 3.8) is 0 Å². The minimum absolute atomic E-state index is 0.146. The molecule has 0 unspecified atom stereocenters. The van der Waals surface area contributed by atoms with Gasteiger partial charge in [0, 0.05) is 16.6 Å². The van der Waals surface area contributed by atoms with Gasteiger partial charge in [0.05, 0.1) is 5.69 Å². The molecule has 0 bridgehead atoms. The van der Waals surface area contributed by atoms with Crippen LogP contribution in [-0.4, -0.2) is 17.6 Å². The number of rotatable bonds is 5. The second-order valence-electron chi connectivity index (χ2n) is 4.27. The van der Waals surface area contributed by atoms with E-state index in [0.717, 1.165) is 15.6 Å². The highest BCUT2D eigenvalue weighted by Crippen LogP contribution is 2.17. The highest BCUT2D eigenvalue weighted by molar-refractivity contribution is 7.11. The molecule has 0 radical (unpaired) electrons. The normalized spacial score (nSPS) is 10.3. The van der Waals surface area contributed by atoms with Gasteiger partial charge in [0.15, 0.2) is 6.61 Å². The molecule has 1 heterocycles. The maximum Gasteiger partial charge on any atom is 0.344 e. The molecule has 0 atom stereocenters. The smallest absolute Gasteiger partial charge is 0.344 e. The van der Waals surface area contributed by atoms with Crippen LogP contribution < -0.4 is 10.5 Å². The van der Waals surface area contributed by atoms with Gasteiger partial charge >= 0.3 is 5.97 Å². The topological polar surface area (TPSA) is 74.4 Å². The van der Waals surface area contributed by atoms with Crippen molar-refractivity contribution in [1.82, 2.24) is 4.98 Å². The van der Waals surface area contributed by atoms with E-state index in [1.165, 1.54) is 11.3 Å². The number of nitrogen functional groups attached to an aromatic ring is 1. The first-order valence-corrected chi connectivity index (χ1v) is 6.93. The zero-order chi connectivity index (χ0) is 14.5. The highest BCUT2D eigenvalue weighted by atomic mass is 32.1. The monoisotopic (exact) mass is 292 g/mol. The van der Waals surface area contributed by atoms with Crippen LogP contribution in [0, 0.1) is 13.8 Å². The molecule has 1 aromatic carbocycles. The average molecular weight is 292 g/mol. The first kappa shape index (κ1) is 14.3. The number of nitrogens with zero attached hydrogens (tertiary/aromatic N) is 1. The quantitative estimate of drug-likeness (QED) is 0.677. The number of aromatic nitrogens is 1. The molecular weight excluding hydrogens is 276 g/mol. The van der Waals surface area contributed by atoms with Crippen LogP contribution in [0.3, 0.4) is 0 Å². The van der Waals surface area contributed by atoms with Crippen molar-refractivity contribution in [2.75, 3.05) is 12.3 Å². The van der Waals surface area contributed by atoms with Gasteiger partial charge in [-0.3, -0.25) is 0 Å². The van der Waals surface area contributed by atoms with E-state index in [0.29, 0.717) is 11.4 Å². The van der Waals surface area contributed by atoms with Crippen molar-refractivity contribution < 1.29 is 14.3 Å². The standard InChI is InChI=1S/C14H16N2O3S/c1-9-10(2)20-13(16-9)7-19-14(17)8-18-12-5-3-4-11(15)6-12/h3-6H,7-8,15H2,1-2H3. The number of ether oxygens (including phenoxy) is 2. The van der Waals surface area contributed by atoms with Crippen LogP contribution in [-0.2, 0) is 16.1 Å². The number of carbonyl (C=O) groups excluding carboxylic acids is 1. The molecule has 0 aliphatic carbocycles. The lowest BCUT2D eigenvalue weighted by atomic mass is 10.3. The molecule has 1 aromatic heterocycles. The maximum atomic E-state index is 11.6. The molecule has 0 saturated heterocycles. The molecule has 2 aromatic rings. The van der Waals surface area contributed by atoms with Gasteiger partial charge in [-0.1, -0.05) is 6.07 Å². The number of esters is 1. The summed E-state index contributed by atoms with van der Waals surface area (Å²) in [5.74, 6) is 0.112. The lowest BCUT2D eigenvalue weighted by Crippen LogP contribution is -2.14. The average Bonchev–Trinajstić information content (AvgIpc) is 2.73. The fourth-order valence-corrected chi connectivity index (χ4v) is 2.38. The first-order chi connectivity index (χ1) is 9.54. The Balaban J connectivity index is 1.78. The number of nitrogens with two attached hydrogens (primary N) is 1. The lowest BCUT2D eigenvalue weighted by molar-refractivity contribution is -0.147. The fraction of sp³-hybridized carbons (Fsp3) is 0.286. The number of hydrogen-bond acceptors (Lipinski definition) is 6. The highest BCUT2D eigenvalue weighted by Gasteiger charge is 2.08. The lowest BCUT2D eigenvalue weighted by Gasteiger charge is -2.06. The first-order valence-electron chi connectivity index (χ1n) is 6.11. The van der Waals surface area contributed by atoms with Gasteiger partial charge < -0.3 is 15.2 Å². The van der Waals surface area contributed by atoms with Gasteiger partial charge in [-0.25, -0.2) is 9.78 Å². The van der Waals surface area contributed by atoms with Crippen LogP contribution in [0.2, 0.25) is 0 Å². The van der Waals surface area contributed by atoms with E-state index >= 15 is 0 Å². The minimum atomic E-state index is -0.432. The van der Waals surface area contributed by atoms with Crippen molar-refractivity contribution in [2.45, 2.75) is 20.5 Å². The fourth-order valence-electron chi connectivity index (χ4n) is 1.53. The van der Waals surface area contributed by atoms with Gasteiger partial charge in [-0.15, -0.1) is 11.3 Å². The molecule has 106 valence electrons. The summed E-state index contributed by atoms with van der Waals surface area (Å²) < 4.78 is 10.4. The summed E-state index contributed by atoms with van der Waals surface area (Å²) in [4.78, 5) is 17.0. The van der Waals surface area contributed by atoms with E-state index in [2.05, 4.69) is 4.98 Å². The molecule has 0 spiro atoms. The second kappa shape index (κ2) is 6.38. The van der Waals surface area contributed by atoms with E-state index in [1.54, 1.807) is 24.3 Å². The molecule has 2 rings (SSSR count). The number of anilines is 1. The molecule has 2 N–H and O–H groups in total. The summed E-state index contributed by atoms with van der Waals surface area (Å²) in [7, 11) is 0. The van der Waals surface area contributed by atoms with E-state index < -0.39 is 5.97 Å². The largest absolute Gasteiger partial charge is 0.482 e. The number of aryl methyl sites for hydroxylation is 2. The molecule has 0 aliphatic heterocycles. The van der Waals surface area contributed by atoms with E-state index in [1.807, 2.05) is 13.8 Å². The Bertz CT molecular complexity index is 591. The Labute approximate surface area is 121 Å². The summed E-state index contributed by atoms with van der Waals surface area (Å²) >= 11 is 1.53. The third-order valence-corrected chi connectivity index (χ3v) is 3.69. The predicted octanol–water partition coefficient (Wildman–Crippen LogP) is 2.46. The second-order valence-corrected chi connectivity index (χ2v) is 5.56. The molecular formula is C14H16N2O3S. The minimum Gasteiger partial charge on any atom is -0.482 e. The molecule has 6 heteroatoms. The Hall–Kier alpha value is -2.08. The van der Waals surface area contributed by atoms with Crippen LogP contribution in [0.4, 0.5) is 5.69 Å². The Kier molecular flexibility index (Phi) is 4.57. The summed E-state index contributed by atoms with van der Waals surface area (Å²) in [6, 6.07) is 6.90. The maximum absolute atomic E-state index is 11.6. The van der Waals surface area contributed by atoms with Crippen molar-refractivity contribution in [1.29, 1.82) is 0 Å². The SMILES string of the molecule is Cc1nc(COC(=O)COc2cccc(N)c2)sc1C. The number of benzene rings is 1. The van der Waals surface area contributed by atoms with Gasteiger partial charge in [-0.2, -0.15) is 0 Å². The zero-order valence-electron chi connectivity index (χ0n) is 11.4. The van der Waals surface area contributed by atoms with Crippen molar-refractivity contribution in [3.8, 4) is 5.75 Å². The zero-order valence-corrected chi connectivity index (χ0v) is 12.2. The predicted molar refractivity (Wildman–Crippen MR) is 77.7 cm³/mol. The van der Waals surface area contributed by atoms with Crippen LogP contribution >= 0.6 is 11.3 Å². The summed E-state index contributed by atoms with van der Waals surface area (Å²) in [6.45, 7) is 3.95. The number of hydrogen-bond donors (Lipinski definition) is 1. The molecule has 0 saturated carbocycles. The Morgan fingerprint density at radius 2 is 2.20 bits per heavy atom. The third-order valence-electron chi connectivity index (χ3n) is 2.64. The summed E-state index contributed by atoms with van der Waals surface area (Å²) in [6.07, 6.45) is 0. The van der Waals surface area contributed by atoms with Crippen molar-refractivity contribution in [3.05, 3.63) is 39.8 Å². The van der Waals surface area contributed by atoms with Gasteiger partial charge in [0.2, 0.25) is 0 Å². The Morgan fingerprint density at radius 1 is 1.40 bits per heavy atom. The van der Waals surface area contributed by atoms with Crippen LogP contribution in [0.1, 0.15) is 15.6 Å². The molecule has 0 amide bonds. The molecule has 0 aliphatic rings. The summed E-state index contributed by atoms with van der Waals surface area (Å²) in [5, 5.41) is 0.789. The van der Waals surface area contributed by atoms with E-state index in [9.17, 15) is 4.79 Å². The third kappa shape index (κ3) is 3.96. The molecule has 5 nitrogen and oxygen atoms in total. The van der Waals surface area contributed by atoms with E-state index in [4.69, 9.17) is 15.2 Å². The Morgan fingerprint density at radius 3 is 2.85 bits per heavy atom. The summed E-state index contributed by atoms with van der Waals surface area (Å²) in [5.41, 5.74) is 7.17. The van der Waals surface area contributed by atoms with E-state index in [-0.39, 0.29) is 13.2 Å². The van der Waals surface area contributed by atoms with Crippen LogP contribution in [0.5, 0.6) is 5.75 Å². The molecule has 0 fully saturated rings. The van der Waals surface area contributed by atoms with Gasteiger partial charge in [-0.05, 0) is 26.0 Å².